The molecule has 0 bridgehead atoms. The van der Waals surface area contributed by atoms with Crippen LogP contribution < -0.4 is 0 Å². The van der Waals surface area contributed by atoms with E-state index in [2.05, 4.69) is 19.1 Å². The number of allylic oxidation sites excluding steroid dienone is 2. The van der Waals surface area contributed by atoms with Gasteiger partial charge in [0.2, 0.25) is 0 Å². The van der Waals surface area contributed by atoms with E-state index >= 15 is 0 Å². The van der Waals surface area contributed by atoms with Gasteiger partial charge in [0.25, 0.3) is 0 Å². The number of carbonyl (C=O) groups excluding carboxylic acids is 2. The normalized spacial score (nSPS) is 15.1. The summed E-state index contributed by atoms with van der Waals surface area (Å²) in [6, 6.07) is 0. The lowest BCUT2D eigenvalue weighted by molar-refractivity contribution is -0.155. The smallest absolute Gasteiger partial charge is 0.309 e. The zero-order valence-corrected chi connectivity index (χ0v) is 49.9. The summed E-state index contributed by atoms with van der Waals surface area (Å²) in [5.41, 5.74) is -1.12. The number of unbranched alkanes of at least 4 members (excludes halogenated alkanes) is 53. The molecule has 1 aliphatic rings. The van der Waals surface area contributed by atoms with Crippen LogP contribution in [0, 0.1) is 11.3 Å². The van der Waals surface area contributed by atoms with Gasteiger partial charge in [-0.05, 0) is 32.1 Å². The lowest BCUT2D eigenvalue weighted by atomic mass is 9.92. The Balaban J connectivity index is 1.68. The standard InChI is InChI=1S/C68H130O6/c1-2-3-4-5-6-7-8-9-10-11-12-13-14-15-16-17-18-19-20-21-22-23-24-25-26-27-28-29-30-31-32-33-34-35-36-37-38-39-40-41-42-43-44-45-46-47-48-49-50-51-52-53-54-55-56-57-58-59-65-60-66(71)73-63-68(61-69,62-70)64-74-67(65)72/h35-36,65,69-70H,2-34,37-64H2,1H3/b36-35+. The number of cyclic esters (lactones) is 2. The predicted molar refractivity (Wildman–Crippen MR) is 320 cm³/mol. The van der Waals surface area contributed by atoms with E-state index in [1.165, 1.54) is 334 Å². The highest BCUT2D eigenvalue weighted by molar-refractivity contribution is 5.80. The third-order valence-electron chi connectivity index (χ3n) is 16.8. The first-order valence-electron chi connectivity index (χ1n) is 33.8. The summed E-state index contributed by atoms with van der Waals surface area (Å²) in [5, 5.41) is 19.2. The molecule has 438 valence electrons. The highest BCUT2D eigenvalue weighted by atomic mass is 16.6. The second kappa shape index (κ2) is 57.8. The number of hydrogen-bond acceptors (Lipinski definition) is 6. The number of ether oxygens (including phenoxy) is 2. The summed E-state index contributed by atoms with van der Waals surface area (Å²) in [7, 11) is 0. The summed E-state index contributed by atoms with van der Waals surface area (Å²) >= 11 is 0. The van der Waals surface area contributed by atoms with Gasteiger partial charge < -0.3 is 19.7 Å². The van der Waals surface area contributed by atoms with Crippen molar-refractivity contribution in [1.82, 2.24) is 0 Å². The van der Waals surface area contributed by atoms with Crippen LogP contribution in [0.4, 0.5) is 0 Å². The van der Waals surface area contributed by atoms with Gasteiger partial charge in [0.05, 0.1) is 31.0 Å². The molecule has 6 heteroatoms. The van der Waals surface area contributed by atoms with Gasteiger partial charge in [-0.3, -0.25) is 9.59 Å². The van der Waals surface area contributed by atoms with Crippen molar-refractivity contribution in [3.05, 3.63) is 12.2 Å². The van der Waals surface area contributed by atoms with Crippen LogP contribution in [-0.4, -0.2) is 48.6 Å². The van der Waals surface area contributed by atoms with E-state index in [9.17, 15) is 19.8 Å². The van der Waals surface area contributed by atoms with Crippen molar-refractivity contribution >= 4 is 11.9 Å². The predicted octanol–water partition coefficient (Wildman–Crippen LogP) is 21.5. The fourth-order valence-electron chi connectivity index (χ4n) is 11.3. The number of aliphatic hydroxyl groups is 2. The summed E-state index contributed by atoms with van der Waals surface area (Å²) in [6.07, 6.45) is 83.1. The van der Waals surface area contributed by atoms with Crippen LogP contribution in [0.15, 0.2) is 12.2 Å². The minimum Gasteiger partial charge on any atom is -0.465 e. The molecular formula is C68H130O6. The Hall–Kier alpha value is -1.40. The van der Waals surface area contributed by atoms with E-state index in [0.717, 1.165) is 19.3 Å². The van der Waals surface area contributed by atoms with E-state index in [4.69, 9.17) is 9.47 Å². The lowest BCUT2D eigenvalue weighted by Gasteiger charge is -2.27. The second-order valence-corrected chi connectivity index (χ2v) is 24.2. The van der Waals surface area contributed by atoms with E-state index in [1.54, 1.807) is 0 Å². The maximum Gasteiger partial charge on any atom is 0.309 e. The Morgan fingerprint density at radius 2 is 0.581 bits per heavy atom. The first kappa shape index (κ1) is 70.6. The monoisotopic (exact) mass is 1040 g/mol. The molecule has 1 saturated heterocycles. The van der Waals surface area contributed by atoms with Crippen LogP contribution in [0.5, 0.6) is 0 Å². The van der Waals surface area contributed by atoms with Gasteiger partial charge >= 0.3 is 11.9 Å². The van der Waals surface area contributed by atoms with Crippen molar-refractivity contribution in [3.8, 4) is 0 Å². The molecule has 0 aromatic rings. The first-order valence-corrected chi connectivity index (χ1v) is 33.8. The molecule has 1 fully saturated rings. The highest BCUT2D eigenvalue weighted by Crippen LogP contribution is 2.25. The maximum atomic E-state index is 12.6. The number of rotatable bonds is 59. The average molecular weight is 1040 g/mol. The number of aliphatic hydroxyl groups excluding tert-OH is 2. The quantitative estimate of drug-likeness (QED) is 0.0358. The summed E-state index contributed by atoms with van der Waals surface area (Å²) in [4.78, 5) is 24.8. The van der Waals surface area contributed by atoms with Gasteiger partial charge in [-0.2, -0.15) is 0 Å². The van der Waals surface area contributed by atoms with Crippen molar-refractivity contribution in [2.75, 3.05) is 26.4 Å². The van der Waals surface area contributed by atoms with Crippen molar-refractivity contribution in [2.24, 2.45) is 11.3 Å². The molecule has 1 aliphatic heterocycles. The molecule has 0 saturated carbocycles. The SMILES string of the molecule is CCCCCCCCCCCCCCCCCCCCCCCCCCCCCCCCCC/C=C/CCCCCCCCCCCCCCCCCCCCCCCC1CC(=O)OCC(CO)(CO)COC1=O. The number of carbonyl (C=O) groups is 2. The Morgan fingerprint density at radius 3 is 0.838 bits per heavy atom. The summed E-state index contributed by atoms with van der Waals surface area (Å²) < 4.78 is 10.6. The van der Waals surface area contributed by atoms with Crippen molar-refractivity contribution < 1.29 is 29.3 Å². The molecule has 0 spiro atoms. The zero-order chi connectivity index (χ0) is 53.2. The molecule has 1 atom stereocenters. The highest BCUT2D eigenvalue weighted by Gasteiger charge is 2.36. The van der Waals surface area contributed by atoms with Crippen LogP contribution >= 0.6 is 0 Å². The molecule has 2 N–H and O–H groups in total. The van der Waals surface area contributed by atoms with Crippen molar-refractivity contribution in [2.45, 2.75) is 373 Å². The molecule has 74 heavy (non-hydrogen) atoms. The third-order valence-corrected chi connectivity index (χ3v) is 16.8. The molecule has 6 nitrogen and oxygen atoms in total. The van der Waals surface area contributed by atoms with E-state index in [-0.39, 0.29) is 19.6 Å². The Labute approximate surface area is 462 Å². The lowest BCUT2D eigenvalue weighted by Crippen LogP contribution is -2.40. The molecule has 0 aliphatic carbocycles. The van der Waals surface area contributed by atoms with E-state index in [1.807, 2.05) is 0 Å². The zero-order valence-electron chi connectivity index (χ0n) is 49.9. The summed E-state index contributed by atoms with van der Waals surface area (Å²) in [6.45, 7) is 1.21. The third kappa shape index (κ3) is 48.9. The molecule has 1 rings (SSSR count). The van der Waals surface area contributed by atoms with Crippen LogP contribution in [0.25, 0.3) is 0 Å². The minimum absolute atomic E-state index is 0.00416. The van der Waals surface area contributed by atoms with E-state index in [0.29, 0.717) is 6.42 Å². The number of hydrogen-bond donors (Lipinski definition) is 2. The Bertz CT molecular complexity index is 1160. The Kier molecular flexibility index (Phi) is 55.1. The van der Waals surface area contributed by atoms with Crippen LogP contribution in [0.1, 0.15) is 373 Å². The van der Waals surface area contributed by atoms with E-state index < -0.39 is 36.5 Å². The second-order valence-electron chi connectivity index (χ2n) is 24.2. The van der Waals surface area contributed by atoms with Crippen LogP contribution in [0.3, 0.4) is 0 Å². The maximum absolute atomic E-state index is 12.6. The molecule has 0 amide bonds. The molecule has 1 heterocycles. The van der Waals surface area contributed by atoms with Crippen molar-refractivity contribution in [3.63, 3.8) is 0 Å². The number of esters is 2. The minimum atomic E-state index is -1.12. The van der Waals surface area contributed by atoms with Gasteiger partial charge in [0.15, 0.2) is 0 Å². The van der Waals surface area contributed by atoms with Gasteiger partial charge in [-0.15, -0.1) is 0 Å². The molecule has 0 aromatic carbocycles. The fourth-order valence-corrected chi connectivity index (χ4v) is 11.3. The first-order chi connectivity index (χ1) is 36.6. The average Bonchev–Trinajstić information content (AvgIpc) is 3.47. The van der Waals surface area contributed by atoms with Crippen LogP contribution in [-0.2, 0) is 19.1 Å². The molecular weight excluding hydrogens is 913 g/mol. The largest absolute Gasteiger partial charge is 0.465 e. The summed E-state index contributed by atoms with van der Waals surface area (Å²) in [5.74, 6) is -1.40. The van der Waals surface area contributed by atoms with Gasteiger partial charge in [0, 0.05) is 0 Å². The molecule has 0 aromatic heterocycles. The van der Waals surface area contributed by atoms with Crippen LogP contribution in [0.2, 0.25) is 0 Å². The van der Waals surface area contributed by atoms with Crippen molar-refractivity contribution in [1.29, 1.82) is 0 Å². The Morgan fingerprint density at radius 1 is 0.351 bits per heavy atom. The van der Waals surface area contributed by atoms with Gasteiger partial charge in [-0.25, -0.2) is 0 Å². The fraction of sp³-hybridized carbons (Fsp3) is 0.941. The van der Waals surface area contributed by atoms with Gasteiger partial charge in [0.1, 0.15) is 13.2 Å². The molecule has 0 radical (unpaired) electrons. The topological polar surface area (TPSA) is 93.1 Å². The van der Waals surface area contributed by atoms with Gasteiger partial charge in [-0.1, -0.05) is 347 Å². The molecule has 1 unspecified atom stereocenters.